The Morgan fingerprint density at radius 1 is 1.69 bits per heavy atom. The summed E-state index contributed by atoms with van der Waals surface area (Å²) in [5.41, 5.74) is 1.28. The molecule has 2 heterocycles. The highest BCUT2D eigenvalue weighted by Gasteiger charge is 2.08. The van der Waals surface area contributed by atoms with Crippen LogP contribution in [0.3, 0.4) is 0 Å². The molecule has 8 heteroatoms. The standard InChI is InChI=1S/C4H3ClN2OS.C4H6N2O/c1-2-3(4(5)8)9-7-6-2;7-3-4-1-2-5-6-4/h1H3;1-2,7H,3H2,(H,5,6). The molecule has 86 valence electrons. The molecule has 0 saturated carbocycles. The molecule has 16 heavy (non-hydrogen) atoms. The van der Waals surface area contributed by atoms with E-state index in [9.17, 15) is 4.79 Å². The van der Waals surface area contributed by atoms with Gasteiger partial charge >= 0.3 is 0 Å². The number of aromatic nitrogens is 4. The molecule has 0 fully saturated rings. The second-order valence-corrected chi connectivity index (χ2v) is 3.78. The highest BCUT2D eigenvalue weighted by molar-refractivity contribution is 7.10. The zero-order valence-corrected chi connectivity index (χ0v) is 9.92. The van der Waals surface area contributed by atoms with Crippen LogP contribution >= 0.6 is 23.1 Å². The summed E-state index contributed by atoms with van der Waals surface area (Å²) in [7, 11) is 0. The molecule has 0 atom stereocenters. The summed E-state index contributed by atoms with van der Waals surface area (Å²) in [5, 5.41) is 17.7. The molecule has 0 aliphatic rings. The summed E-state index contributed by atoms with van der Waals surface area (Å²) in [6.45, 7) is 1.71. The number of aryl methyl sites for hydroxylation is 1. The molecule has 0 amide bonds. The summed E-state index contributed by atoms with van der Waals surface area (Å²) < 4.78 is 3.53. The normalized spacial score (nSPS) is 9.44. The molecule has 2 N–H and O–H groups in total. The van der Waals surface area contributed by atoms with E-state index in [1.807, 2.05) is 0 Å². The fraction of sp³-hybridized carbons (Fsp3) is 0.250. The first kappa shape index (κ1) is 12.8. The summed E-state index contributed by atoms with van der Waals surface area (Å²) in [6, 6.07) is 1.72. The van der Waals surface area contributed by atoms with Crippen molar-refractivity contribution >= 4 is 28.4 Å². The van der Waals surface area contributed by atoms with Gasteiger partial charge in [-0.2, -0.15) is 5.10 Å². The smallest absolute Gasteiger partial charge is 0.265 e. The molecule has 2 aromatic rings. The molecule has 0 bridgehead atoms. The Morgan fingerprint density at radius 2 is 2.44 bits per heavy atom. The van der Waals surface area contributed by atoms with Crippen molar-refractivity contribution in [3.8, 4) is 0 Å². The first-order valence-corrected chi connectivity index (χ1v) is 5.38. The maximum atomic E-state index is 10.4. The Kier molecular flexibility index (Phi) is 5.03. The van der Waals surface area contributed by atoms with Crippen LogP contribution in [0.15, 0.2) is 12.3 Å². The third kappa shape index (κ3) is 3.69. The van der Waals surface area contributed by atoms with E-state index in [1.54, 1.807) is 19.2 Å². The third-order valence-electron chi connectivity index (χ3n) is 1.55. The number of nitrogens with one attached hydrogen (secondary N) is 1. The van der Waals surface area contributed by atoms with E-state index < -0.39 is 5.24 Å². The summed E-state index contributed by atoms with van der Waals surface area (Å²) in [5.74, 6) is 0. The van der Waals surface area contributed by atoms with Crippen molar-refractivity contribution in [2.24, 2.45) is 0 Å². The number of H-pyrrole nitrogens is 1. The van der Waals surface area contributed by atoms with Gasteiger partial charge in [-0.15, -0.1) is 5.10 Å². The van der Waals surface area contributed by atoms with Crippen LogP contribution in [0.2, 0.25) is 0 Å². The van der Waals surface area contributed by atoms with Gasteiger partial charge in [0, 0.05) is 6.20 Å². The Morgan fingerprint density at radius 3 is 2.69 bits per heavy atom. The first-order chi connectivity index (χ1) is 7.65. The molecule has 0 radical (unpaired) electrons. The summed E-state index contributed by atoms with van der Waals surface area (Å²) in [4.78, 5) is 10.9. The SMILES string of the molecule is Cc1nnsc1C(=O)Cl.OCc1cc[nH]n1. The Labute approximate surface area is 100 Å². The molecular formula is C8H9ClN4O2S. The highest BCUT2D eigenvalue weighted by atomic mass is 35.5. The molecule has 0 aliphatic heterocycles. The number of hydrogen-bond acceptors (Lipinski definition) is 6. The van der Waals surface area contributed by atoms with Gasteiger partial charge in [-0.3, -0.25) is 9.89 Å². The van der Waals surface area contributed by atoms with Crippen LogP contribution in [0.1, 0.15) is 21.1 Å². The van der Waals surface area contributed by atoms with E-state index in [2.05, 4.69) is 19.8 Å². The lowest BCUT2D eigenvalue weighted by molar-refractivity contribution is 0.108. The molecular weight excluding hydrogens is 252 g/mol. The second kappa shape index (κ2) is 6.31. The number of nitrogens with zero attached hydrogens (tertiary/aromatic N) is 3. The minimum Gasteiger partial charge on any atom is -0.390 e. The van der Waals surface area contributed by atoms with E-state index in [-0.39, 0.29) is 6.61 Å². The first-order valence-electron chi connectivity index (χ1n) is 4.23. The number of hydrogen-bond donors (Lipinski definition) is 2. The minimum atomic E-state index is -0.484. The second-order valence-electron chi connectivity index (χ2n) is 2.68. The van der Waals surface area contributed by atoms with Crippen molar-refractivity contribution in [3.63, 3.8) is 0 Å². The Bertz CT molecular complexity index is 443. The Hall–Kier alpha value is -1.31. The van der Waals surface area contributed by atoms with Gasteiger partial charge in [0.25, 0.3) is 5.24 Å². The number of carbonyl (C=O) groups excluding carboxylic acids is 1. The molecule has 0 saturated heterocycles. The van der Waals surface area contributed by atoms with Gasteiger partial charge in [0.2, 0.25) is 0 Å². The molecule has 0 aromatic carbocycles. The van der Waals surface area contributed by atoms with Crippen molar-refractivity contribution in [2.75, 3.05) is 0 Å². The zero-order chi connectivity index (χ0) is 12.0. The quantitative estimate of drug-likeness (QED) is 0.790. The fourth-order valence-electron chi connectivity index (χ4n) is 0.791. The number of rotatable bonds is 2. The van der Waals surface area contributed by atoms with Gasteiger partial charge in [-0.05, 0) is 36.1 Å². The fourth-order valence-corrected chi connectivity index (χ4v) is 1.52. The van der Waals surface area contributed by atoms with E-state index >= 15 is 0 Å². The zero-order valence-electron chi connectivity index (χ0n) is 8.35. The van der Waals surface area contributed by atoms with Crippen molar-refractivity contribution in [2.45, 2.75) is 13.5 Å². The van der Waals surface area contributed by atoms with Crippen LogP contribution in [-0.4, -0.2) is 30.1 Å². The van der Waals surface area contributed by atoms with E-state index in [1.165, 1.54) is 0 Å². The third-order valence-corrected chi connectivity index (χ3v) is 2.68. The number of aliphatic hydroxyl groups excluding tert-OH is 1. The average molecular weight is 261 g/mol. The van der Waals surface area contributed by atoms with Crippen molar-refractivity contribution in [1.82, 2.24) is 19.8 Å². The number of aromatic amines is 1. The monoisotopic (exact) mass is 260 g/mol. The lowest BCUT2D eigenvalue weighted by Crippen LogP contribution is -1.85. The van der Waals surface area contributed by atoms with E-state index in [0.29, 0.717) is 16.3 Å². The van der Waals surface area contributed by atoms with Crippen LogP contribution in [0.5, 0.6) is 0 Å². The molecule has 0 spiro atoms. The average Bonchev–Trinajstić information content (AvgIpc) is 2.88. The topological polar surface area (TPSA) is 91.8 Å². The van der Waals surface area contributed by atoms with E-state index in [4.69, 9.17) is 16.7 Å². The molecule has 0 aliphatic carbocycles. The lowest BCUT2D eigenvalue weighted by Gasteiger charge is -1.80. The molecule has 2 aromatic heterocycles. The van der Waals surface area contributed by atoms with Crippen LogP contribution in [0, 0.1) is 6.92 Å². The number of aliphatic hydroxyl groups is 1. The molecule has 6 nitrogen and oxygen atoms in total. The Balaban J connectivity index is 0.000000165. The van der Waals surface area contributed by atoms with Gasteiger partial charge in [0.05, 0.1) is 18.0 Å². The van der Waals surface area contributed by atoms with Crippen LogP contribution in [0.25, 0.3) is 0 Å². The number of carbonyl (C=O) groups is 1. The van der Waals surface area contributed by atoms with Crippen LogP contribution in [0.4, 0.5) is 0 Å². The van der Waals surface area contributed by atoms with Gasteiger partial charge in [-0.25, -0.2) is 0 Å². The van der Waals surface area contributed by atoms with Gasteiger partial charge in [-0.1, -0.05) is 4.49 Å². The van der Waals surface area contributed by atoms with Crippen LogP contribution in [-0.2, 0) is 6.61 Å². The van der Waals surface area contributed by atoms with Crippen molar-refractivity contribution < 1.29 is 9.90 Å². The highest BCUT2D eigenvalue weighted by Crippen LogP contribution is 2.11. The van der Waals surface area contributed by atoms with Crippen LogP contribution < -0.4 is 0 Å². The van der Waals surface area contributed by atoms with Crippen molar-refractivity contribution in [1.29, 1.82) is 0 Å². The maximum absolute atomic E-state index is 10.4. The predicted octanol–water partition coefficient (Wildman–Crippen LogP) is 1.13. The summed E-state index contributed by atoms with van der Waals surface area (Å²) >= 11 is 6.16. The van der Waals surface area contributed by atoms with Crippen molar-refractivity contribution in [3.05, 3.63) is 28.5 Å². The lowest BCUT2D eigenvalue weighted by atomic mass is 10.4. The van der Waals surface area contributed by atoms with E-state index in [0.717, 1.165) is 11.5 Å². The van der Waals surface area contributed by atoms with Gasteiger partial charge in [0.1, 0.15) is 4.88 Å². The maximum Gasteiger partial charge on any atom is 0.265 e. The summed E-state index contributed by atoms with van der Waals surface area (Å²) in [6.07, 6.45) is 1.67. The van der Waals surface area contributed by atoms with Gasteiger partial charge < -0.3 is 5.11 Å². The number of halogens is 1. The predicted molar refractivity (Wildman–Crippen MR) is 59.3 cm³/mol. The largest absolute Gasteiger partial charge is 0.390 e. The molecule has 0 unspecified atom stereocenters. The van der Waals surface area contributed by atoms with Gasteiger partial charge in [0.15, 0.2) is 0 Å². The minimum absolute atomic E-state index is 0.0174. The molecule has 2 rings (SSSR count).